The van der Waals surface area contributed by atoms with Crippen molar-refractivity contribution in [2.45, 2.75) is 32.6 Å². The molecule has 1 saturated heterocycles. The van der Waals surface area contributed by atoms with E-state index in [0.29, 0.717) is 41.6 Å². The first kappa shape index (κ1) is 18.5. The Labute approximate surface area is 161 Å². The number of aromatic nitrogens is 2. The zero-order valence-corrected chi connectivity index (χ0v) is 15.9. The van der Waals surface area contributed by atoms with E-state index in [-0.39, 0.29) is 11.8 Å². The number of hydrogen-bond acceptors (Lipinski definition) is 4. The molecule has 28 heavy (non-hydrogen) atoms. The Morgan fingerprint density at radius 3 is 2.32 bits per heavy atom. The van der Waals surface area contributed by atoms with Crippen LogP contribution in [-0.2, 0) is 4.79 Å². The average molecular weight is 384 g/mol. The fourth-order valence-electron chi connectivity index (χ4n) is 4.20. The van der Waals surface area contributed by atoms with Gasteiger partial charge >= 0.3 is 11.7 Å². The summed E-state index contributed by atoms with van der Waals surface area (Å²) in [6, 6.07) is 4.46. The van der Waals surface area contributed by atoms with Gasteiger partial charge in [-0.1, -0.05) is 18.9 Å². The molecule has 2 heterocycles. The largest absolute Gasteiger partial charge is 0.339 e. The predicted octanol–water partition coefficient (Wildman–Crippen LogP) is 1.30. The molecule has 0 bridgehead atoms. The minimum Gasteiger partial charge on any atom is -0.339 e. The molecule has 1 saturated carbocycles. The maximum absolute atomic E-state index is 12.9. The fourth-order valence-corrected chi connectivity index (χ4v) is 4.20. The van der Waals surface area contributed by atoms with Gasteiger partial charge in [0, 0.05) is 32.1 Å². The molecule has 2 aromatic rings. The van der Waals surface area contributed by atoms with Gasteiger partial charge in [0.1, 0.15) is 0 Å². The van der Waals surface area contributed by atoms with E-state index < -0.39 is 17.3 Å². The Balaban J connectivity index is 1.53. The molecule has 0 spiro atoms. The van der Waals surface area contributed by atoms with Crippen LogP contribution < -0.4 is 11.2 Å². The van der Waals surface area contributed by atoms with Crippen molar-refractivity contribution in [3.8, 4) is 0 Å². The van der Waals surface area contributed by atoms with Crippen LogP contribution in [0.15, 0.2) is 27.8 Å². The third-order valence-electron chi connectivity index (χ3n) is 5.81. The van der Waals surface area contributed by atoms with Crippen molar-refractivity contribution in [3.05, 3.63) is 44.6 Å². The molecule has 1 aromatic heterocycles. The van der Waals surface area contributed by atoms with E-state index >= 15 is 0 Å². The van der Waals surface area contributed by atoms with Crippen LogP contribution in [0.3, 0.4) is 0 Å². The van der Waals surface area contributed by atoms with Gasteiger partial charge in [0.2, 0.25) is 5.91 Å². The minimum atomic E-state index is -0.738. The quantitative estimate of drug-likeness (QED) is 0.802. The number of nitrogens with one attached hydrogen (secondary N) is 1. The standard InChI is InChI=1S/C20H24N4O4/c1-13-6-7-15-16(12-13)21-19(27)24(18(15)26)20(28)23-10-8-22(9-11-23)17(25)14-4-2-3-5-14/h6-7,12,14H,2-5,8-11H2,1H3,(H,21,27). The fraction of sp³-hybridized carbons (Fsp3) is 0.500. The number of aryl methyl sites for hydroxylation is 1. The van der Waals surface area contributed by atoms with E-state index in [1.807, 2.05) is 6.92 Å². The molecule has 1 aliphatic heterocycles. The third-order valence-corrected chi connectivity index (χ3v) is 5.81. The number of hydrogen-bond donors (Lipinski definition) is 1. The van der Waals surface area contributed by atoms with Crippen molar-refractivity contribution >= 4 is 22.8 Å². The first-order chi connectivity index (χ1) is 13.5. The molecule has 4 rings (SSSR count). The lowest BCUT2D eigenvalue weighted by Crippen LogP contribution is -2.55. The first-order valence-corrected chi connectivity index (χ1v) is 9.79. The lowest BCUT2D eigenvalue weighted by Gasteiger charge is -2.35. The number of nitrogens with zero attached hydrogens (tertiary/aromatic N) is 3. The lowest BCUT2D eigenvalue weighted by molar-refractivity contribution is -0.136. The summed E-state index contributed by atoms with van der Waals surface area (Å²) in [4.78, 5) is 56.4. The van der Waals surface area contributed by atoms with Crippen molar-refractivity contribution in [1.82, 2.24) is 19.4 Å². The van der Waals surface area contributed by atoms with Crippen LogP contribution in [0, 0.1) is 12.8 Å². The molecular weight excluding hydrogens is 360 g/mol. The monoisotopic (exact) mass is 384 g/mol. The zero-order valence-electron chi connectivity index (χ0n) is 15.9. The van der Waals surface area contributed by atoms with Crippen LogP contribution in [0.25, 0.3) is 10.9 Å². The van der Waals surface area contributed by atoms with E-state index in [0.717, 1.165) is 31.2 Å². The normalized spacial score (nSPS) is 18.0. The van der Waals surface area contributed by atoms with Crippen LogP contribution in [-0.4, -0.2) is 57.5 Å². The summed E-state index contributed by atoms with van der Waals surface area (Å²) >= 11 is 0. The summed E-state index contributed by atoms with van der Waals surface area (Å²) in [7, 11) is 0. The molecule has 148 valence electrons. The van der Waals surface area contributed by atoms with Gasteiger partial charge in [-0.15, -0.1) is 0 Å². The summed E-state index contributed by atoms with van der Waals surface area (Å²) in [5.74, 6) is 0.275. The second-order valence-corrected chi connectivity index (χ2v) is 7.70. The number of fused-ring (bicyclic) bond motifs is 1. The zero-order chi connectivity index (χ0) is 19.8. The molecule has 2 fully saturated rings. The van der Waals surface area contributed by atoms with E-state index in [2.05, 4.69) is 4.98 Å². The summed E-state index contributed by atoms with van der Waals surface area (Å²) < 4.78 is 0.659. The molecule has 2 amide bonds. The van der Waals surface area contributed by atoms with Crippen LogP contribution in [0.4, 0.5) is 4.79 Å². The summed E-state index contributed by atoms with van der Waals surface area (Å²) in [5.41, 5.74) is -0.0218. The third kappa shape index (κ3) is 3.23. The van der Waals surface area contributed by atoms with Gasteiger partial charge in [0.05, 0.1) is 10.9 Å². The van der Waals surface area contributed by atoms with E-state index in [1.54, 1.807) is 23.1 Å². The van der Waals surface area contributed by atoms with E-state index in [4.69, 9.17) is 0 Å². The molecule has 8 nitrogen and oxygen atoms in total. The topological polar surface area (TPSA) is 95.5 Å². The van der Waals surface area contributed by atoms with Gasteiger partial charge in [-0.2, -0.15) is 4.57 Å². The highest BCUT2D eigenvalue weighted by Gasteiger charge is 2.31. The van der Waals surface area contributed by atoms with Crippen molar-refractivity contribution in [2.24, 2.45) is 5.92 Å². The van der Waals surface area contributed by atoms with Crippen LogP contribution in [0.1, 0.15) is 31.2 Å². The number of benzene rings is 1. The van der Waals surface area contributed by atoms with Gasteiger partial charge in [-0.25, -0.2) is 9.59 Å². The molecule has 0 unspecified atom stereocenters. The van der Waals surface area contributed by atoms with Gasteiger partial charge in [0.15, 0.2) is 0 Å². The number of H-pyrrole nitrogens is 1. The molecule has 2 aliphatic rings. The van der Waals surface area contributed by atoms with Crippen molar-refractivity contribution < 1.29 is 9.59 Å². The maximum atomic E-state index is 12.9. The van der Waals surface area contributed by atoms with Gasteiger partial charge < -0.3 is 14.8 Å². The first-order valence-electron chi connectivity index (χ1n) is 9.79. The highest BCUT2D eigenvalue weighted by molar-refractivity contribution is 5.84. The summed E-state index contributed by atoms with van der Waals surface area (Å²) in [5, 5.41) is 0.300. The smallest absolute Gasteiger partial charge is 0.337 e. The number of aromatic amines is 1. The van der Waals surface area contributed by atoms with Gasteiger partial charge in [0.25, 0.3) is 5.56 Å². The molecule has 0 radical (unpaired) electrons. The van der Waals surface area contributed by atoms with Crippen LogP contribution in [0.2, 0.25) is 0 Å². The molecule has 8 heteroatoms. The minimum absolute atomic E-state index is 0.108. The second-order valence-electron chi connectivity index (χ2n) is 7.70. The van der Waals surface area contributed by atoms with Crippen molar-refractivity contribution in [1.29, 1.82) is 0 Å². The molecule has 1 N–H and O–H groups in total. The Bertz CT molecular complexity index is 1040. The Morgan fingerprint density at radius 1 is 1.00 bits per heavy atom. The number of carbonyl (C=O) groups is 2. The average Bonchev–Trinajstić information content (AvgIpc) is 3.22. The van der Waals surface area contributed by atoms with Gasteiger partial charge in [-0.3, -0.25) is 9.59 Å². The summed E-state index contributed by atoms with van der Waals surface area (Å²) in [6.07, 6.45) is 4.09. The number of piperazine rings is 1. The van der Waals surface area contributed by atoms with Gasteiger partial charge in [-0.05, 0) is 37.5 Å². The SMILES string of the molecule is Cc1ccc2c(=O)n(C(=O)N3CCN(C(=O)C4CCCC4)CC3)c(=O)[nH]c2c1. The predicted molar refractivity (Wildman–Crippen MR) is 104 cm³/mol. The van der Waals surface area contributed by atoms with Crippen LogP contribution in [0.5, 0.6) is 0 Å². The van der Waals surface area contributed by atoms with E-state index in [9.17, 15) is 19.2 Å². The molecule has 1 aliphatic carbocycles. The molecule has 1 aromatic carbocycles. The Morgan fingerprint density at radius 2 is 1.64 bits per heavy atom. The van der Waals surface area contributed by atoms with Crippen LogP contribution >= 0.6 is 0 Å². The van der Waals surface area contributed by atoms with Crippen molar-refractivity contribution in [3.63, 3.8) is 0 Å². The molecule has 0 atom stereocenters. The number of carbonyl (C=O) groups excluding carboxylic acids is 2. The van der Waals surface area contributed by atoms with E-state index in [1.165, 1.54) is 4.90 Å². The Kier molecular flexibility index (Phi) is 4.78. The van der Waals surface area contributed by atoms with Crippen molar-refractivity contribution in [2.75, 3.05) is 26.2 Å². The highest BCUT2D eigenvalue weighted by atomic mass is 16.2. The summed E-state index contributed by atoms with van der Waals surface area (Å²) in [6.45, 7) is 3.35. The number of amides is 2. The lowest BCUT2D eigenvalue weighted by atomic mass is 10.1. The highest BCUT2D eigenvalue weighted by Crippen LogP contribution is 2.26. The molecular formula is C20H24N4O4. The maximum Gasteiger partial charge on any atom is 0.337 e. The number of rotatable bonds is 1. The second kappa shape index (κ2) is 7.26. The Hall–Kier alpha value is -2.90.